The molecule has 0 atom stereocenters. The Morgan fingerprint density at radius 3 is 2.43 bits per heavy atom. The average molecular weight is 287 g/mol. The normalized spacial score (nSPS) is 22.0. The molecule has 0 unspecified atom stereocenters. The van der Waals surface area contributed by atoms with Gasteiger partial charge in [-0.2, -0.15) is 5.10 Å². The summed E-state index contributed by atoms with van der Waals surface area (Å²) in [7, 11) is 0. The van der Waals surface area contributed by atoms with Crippen LogP contribution in [0, 0.1) is 5.41 Å². The van der Waals surface area contributed by atoms with Gasteiger partial charge in [0.1, 0.15) is 0 Å². The van der Waals surface area contributed by atoms with Crippen molar-refractivity contribution in [1.82, 2.24) is 14.7 Å². The van der Waals surface area contributed by atoms with Crippen LogP contribution in [-0.2, 0) is 6.42 Å². The van der Waals surface area contributed by atoms with Crippen LogP contribution in [-0.4, -0.2) is 33.3 Å². The maximum atomic E-state index is 4.58. The first-order chi connectivity index (χ1) is 9.81. The Bertz CT molecular complexity index is 537. The van der Waals surface area contributed by atoms with Gasteiger partial charge in [-0.1, -0.05) is 6.08 Å². The first kappa shape index (κ1) is 14.8. The van der Waals surface area contributed by atoms with Crippen LogP contribution in [0.1, 0.15) is 64.8 Å². The fourth-order valence-corrected chi connectivity index (χ4v) is 3.80. The van der Waals surface area contributed by atoms with E-state index in [-0.39, 0.29) is 0 Å². The molecule has 1 aliphatic carbocycles. The molecule has 0 aromatic carbocycles. The molecule has 1 fully saturated rings. The van der Waals surface area contributed by atoms with Gasteiger partial charge >= 0.3 is 0 Å². The minimum Gasteiger partial charge on any atom is -0.298 e. The summed E-state index contributed by atoms with van der Waals surface area (Å²) in [5.41, 5.74) is 3.44. The number of allylic oxidation sites excluding steroid dienone is 1. The molecule has 1 spiro atoms. The van der Waals surface area contributed by atoms with Gasteiger partial charge in [0.25, 0.3) is 0 Å². The summed E-state index contributed by atoms with van der Waals surface area (Å²) in [5.74, 6) is 0. The average Bonchev–Trinajstić information content (AvgIpc) is 2.81. The second-order valence-corrected chi connectivity index (χ2v) is 8.12. The molecule has 3 nitrogen and oxygen atoms in total. The first-order valence-electron chi connectivity index (χ1n) is 8.31. The minimum atomic E-state index is 0.299. The maximum absolute atomic E-state index is 4.58. The number of hydrogen-bond donors (Lipinski definition) is 0. The smallest absolute Gasteiger partial charge is 0.0642 e. The summed E-state index contributed by atoms with van der Waals surface area (Å²) in [6.07, 6.45) is 10.6. The van der Waals surface area contributed by atoms with Crippen molar-refractivity contribution in [3.8, 4) is 0 Å². The SMILES string of the molecule is CC(C)n1ncc2c1C=CC1(CCN(C(C)(C)C)CC1)C2. The van der Waals surface area contributed by atoms with Crippen molar-refractivity contribution in [2.75, 3.05) is 13.1 Å². The van der Waals surface area contributed by atoms with Crippen molar-refractivity contribution in [2.24, 2.45) is 5.41 Å². The van der Waals surface area contributed by atoms with Gasteiger partial charge in [-0.3, -0.25) is 9.58 Å². The summed E-state index contributed by atoms with van der Waals surface area (Å²) < 4.78 is 2.16. The van der Waals surface area contributed by atoms with Crippen molar-refractivity contribution < 1.29 is 0 Å². The number of likely N-dealkylation sites (tertiary alicyclic amines) is 1. The molecular weight excluding hydrogens is 258 g/mol. The van der Waals surface area contributed by atoms with E-state index >= 15 is 0 Å². The number of rotatable bonds is 1. The summed E-state index contributed by atoms with van der Waals surface area (Å²) in [6, 6.07) is 0.440. The lowest BCUT2D eigenvalue weighted by molar-refractivity contribution is 0.0629. The van der Waals surface area contributed by atoms with Crippen molar-refractivity contribution in [3.05, 3.63) is 23.5 Å². The van der Waals surface area contributed by atoms with Gasteiger partial charge in [-0.05, 0) is 84.0 Å². The Labute approximate surface area is 129 Å². The standard InChI is InChI=1S/C18H29N3/c1-14(2)21-16-6-7-18(12-15(16)13-19-21)8-10-20(11-9-18)17(3,4)5/h6-7,13-14H,8-12H2,1-5H3. The molecule has 1 aromatic heterocycles. The highest BCUT2D eigenvalue weighted by molar-refractivity contribution is 5.54. The van der Waals surface area contributed by atoms with Crippen LogP contribution < -0.4 is 0 Å². The monoisotopic (exact) mass is 287 g/mol. The molecule has 21 heavy (non-hydrogen) atoms. The highest BCUT2D eigenvalue weighted by Gasteiger charge is 2.38. The molecule has 0 radical (unpaired) electrons. The molecule has 3 rings (SSSR count). The van der Waals surface area contributed by atoms with Gasteiger partial charge in [0.15, 0.2) is 0 Å². The Balaban J connectivity index is 1.77. The van der Waals surface area contributed by atoms with E-state index < -0.39 is 0 Å². The number of fused-ring (bicyclic) bond motifs is 1. The minimum absolute atomic E-state index is 0.299. The third kappa shape index (κ3) is 2.68. The second kappa shape index (κ2) is 4.98. The van der Waals surface area contributed by atoms with Gasteiger partial charge in [0.05, 0.1) is 11.9 Å². The van der Waals surface area contributed by atoms with Crippen molar-refractivity contribution >= 4 is 6.08 Å². The molecule has 0 saturated carbocycles. The second-order valence-electron chi connectivity index (χ2n) is 8.12. The zero-order valence-corrected chi connectivity index (χ0v) is 14.2. The number of piperidine rings is 1. The molecular formula is C18H29N3. The fourth-order valence-electron chi connectivity index (χ4n) is 3.80. The van der Waals surface area contributed by atoms with Crippen LogP contribution in [0.15, 0.2) is 12.3 Å². The van der Waals surface area contributed by atoms with E-state index in [2.05, 4.69) is 67.6 Å². The van der Waals surface area contributed by atoms with Crippen LogP contribution >= 0.6 is 0 Å². The predicted octanol–water partition coefficient (Wildman–Crippen LogP) is 3.91. The van der Waals surface area contributed by atoms with Crippen molar-refractivity contribution in [1.29, 1.82) is 0 Å². The maximum Gasteiger partial charge on any atom is 0.0642 e. The summed E-state index contributed by atoms with van der Waals surface area (Å²) >= 11 is 0. The van der Waals surface area contributed by atoms with Crippen LogP contribution in [0.2, 0.25) is 0 Å². The molecule has 2 aliphatic rings. The van der Waals surface area contributed by atoms with Crippen LogP contribution in [0.5, 0.6) is 0 Å². The lowest BCUT2D eigenvalue weighted by Gasteiger charge is -2.46. The topological polar surface area (TPSA) is 21.1 Å². The molecule has 0 N–H and O–H groups in total. The molecule has 3 heteroatoms. The Kier molecular flexibility index (Phi) is 3.52. The van der Waals surface area contributed by atoms with Gasteiger partial charge in [-0.15, -0.1) is 0 Å². The number of hydrogen-bond acceptors (Lipinski definition) is 2. The Morgan fingerprint density at radius 1 is 1.19 bits per heavy atom. The molecule has 1 saturated heterocycles. The molecule has 116 valence electrons. The van der Waals surface area contributed by atoms with E-state index in [4.69, 9.17) is 0 Å². The predicted molar refractivity (Wildman–Crippen MR) is 88.3 cm³/mol. The van der Waals surface area contributed by atoms with E-state index in [9.17, 15) is 0 Å². The molecule has 2 heterocycles. The third-order valence-electron chi connectivity index (χ3n) is 5.25. The molecule has 0 bridgehead atoms. The van der Waals surface area contributed by atoms with E-state index in [0.29, 0.717) is 17.0 Å². The number of nitrogens with zero attached hydrogens (tertiary/aromatic N) is 3. The molecule has 0 amide bonds. The van der Waals surface area contributed by atoms with E-state index in [1.54, 1.807) is 0 Å². The summed E-state index contributed by atoms with van der Waals surface area (Å²) in [6.45, 7) is 13.8. The third-order valence-corrected chi connectivity index (χ3v) is 5.25. The van der Waals surface area contributed by atoms with Gasteiger partial charge in [0.2, 0.25) is 0 Å². The van der Waals surface area contributed by atoms with Crippen LogP contribution in [0.3, 0.4) is 0 Å². The summed E-state index contributed by atoms with van der Waals surface area (Å²) in [5, 5.41) is 4.58. The van der Waals surface area contributed by atoms with E-state index in [1.165, 1.54) is 43.6 Å². The Morgan fingerprint density at radius 2 is 1.86 bits per heavy atom. The highest BCUT2D eigenvalue weighted by Crippen LogP contribution is 2.42. The Hall–Kier alpha value is -1.09. The first-order valence-corrected chi connectivity index (χ1v) is 8.31. The number of aromatic nitrogens is 2. The van der Waals surface area contributed by atoms with Gasteiger partial charge in [0, 0.05) is 11.6 Å². The van der Waals surface area contributed by atoms with Crippen LogP contribution in [0.4, 0.5) is 0 Å². The lowest BCUT2D eigenvalue weighted by atomic mass is 9.71. The van der Waals surface area contributed by atoms with Crippen molar-refractivity contribution in [3.63, 3.8) is 0 Å². The fraction of sp³-hybridized carbons (Fsp3) is 0.722. The van der Waals surface area contributed by atoms with Gasteiger partial charge in [-0.25, -0.2) is 0 Å². The van der Waals surface area contributed by atoms with E-state index in [0.717, 1.165) is 0 Å². The summed E-state index contributed by atoms with van der Waals surface area (Å²) in [4.78, 5) is 2.62. The van der Waals surface area contributed by atoms with Crippen LogP contribution in [0.25, 0.3) is 6.08 Å². The lowest BCUT2D eigenvalue weighted by Crippen LogP contribution is -2.49. The van der Waals surface area contributed by atoms with E-state index in [1.807, 2.05) is 0 Å². The van der Waals surface area contributed by atoms with Crippen molar-refractivity contribution in [2.45, 2.75) is 65.5 Å². The molecule has 1 aromatic rings. The highest BCUT2D eigenvalue weighted by atomic mass is 15.3. The largest absolute Gasteiger partial charge is 0.298 e. The van der Waals surface area contributed by atoms with Gasteiger partial charge < -0.3 is 0 Å². The zero-order valence-electron chi connectivity index (χ0n) is 14.2. The quantitative estimate of drug-likeness (QED) is 0.780. The molecule has 1 aliphatic heterocycles. The zero-order chi connectivity index (χ0) is 15.3.